The van der Waals surface area contributed by atoms with Gasteiger partial charge in [0.25, 0.3) is 0 Å². The number of furan rings is 1. The summed E-state index contributed by atoms with van der Waals surface area (Å²) in [7, 11) is 0. The van der Waals surface area contributed by atoms with Gasteiger partial charge in [0, 0.05) is 6.04 Å². The van der Waals surface area contributed by atoms with Crippen molar-refractivity contribution in [3.63, 3.8) is 0 Å². The maximum absolute atomic E-state index is 6.32. The molecule has 0 radical (unpaired) electrons. The van der Waals surface area contributed by atoms with E-state index >= 15 is 0 Å². The number of hydrogen-bond acceptors (Lipinski definition) is 2. The first kappa shape index (κ1) is 12.7. The van der Waals surface area contributed by atoms with Crippen molar-refractivity contribution in [2.24, 2.45) is 17.6 Å². The smallest absolute Gasteiger partial charge is 0.0935 e. The molecule has 2 nitrogen and oxygen atoms in total. The molecule has 1 fully saturated rings. The lowest BCUT2D eigenvalue weighted by molar-refractivity contribution is 0.232. The topological polar surface area (TPSA) is 39.2 Å². The molecule has 0 aromatic carbocycles. The van der Waals surface area contributed by atoms with Gasteiger partial charge in [-0.2, -0.15) is 0 Å². The molecule has 1 unspecified atom stereocenters. The molecule has 1 aromatic rings. The molecule has 1 atom stereocenters. The first-order valence-electron chi connectivity index (χ1n) is 7.06. The third-order valence-electron chi connectivity index (χ3n) is 4.25. The molecule has 0 aliphatic heterocycles. The van der Waals surface area contributed by atoms with E-state index in [0.717, 1.165) is 18.3 Å². The highest BCUT2D eigenvalue weighted by molar-refractivity contribution is 5.07. The summed E-state index contributed by atoms with van der Waals surface area (Å²) in [6.45, 7) is 2.29. The highest BCUT2D eigenvalue weighted by Crippen LogP contribution is 2.33. The Morgan fingerprint density at radius 1 is 1.35 bits per heavy atom. The van der Waals surface area contributed by atoms with E-state index in [4.69, 9.17) is 10.2 Å². The van der Waals surface area contributed by atoms with E-state index in [1.54, 1.807) is 6.26 Å². The average molecular weight is 235 g/mol. The molecule has 96 valence electrons. The Bertz CT molecular complexity index is 299. The molecule has 1 aromatic heterocycles. The molecule has 1 heterocycles. The van der Waals surface area contributed by atoms with Crippen molar-refractivity contribution >= 4 is 0 Å². The van der Waals surface area contributed by atoms with Gasteiger partial charge in [-0.15, -0.1) is 0 Å². The zero-order chi connectivity index (χ0) is 12.1. The highest BCUT2D eigenvalue weighted by Gasteiger charge is 2.25. The van der Waals surface area contributed by atoms with E-state index in [9.17, 15) is 0 Å². The summed E-state index contributed by atoms with van der Waals surface area (Å²) >= 11 is 0. The van der Waals surface area contributed by atoms with Crippen LogP contribution in [0.25, 0.3) is 0 Å². The van der Waals surface area contributed by atoms with Crippen LogP contribution in [0, 0.1) is 11.8 Å². The summed E-state index contributed by atoms with van der Waals surface area (Å²) in [5.41, 5.74) is 7.56. The predicted molar refractivity (Wildman–Crippen MR) is 70.7 cm³/mol. The Labute approximate surface area is 105 Å². The molecule has 2 N–H and O–H groups in total. The summed E-state index contributed by atoms with van der Waals surface area (Å²) in [6.07, 6.45) is 12.7. The molecule has 17 heavy (non-hydrogen) atoms. The van der Waals surface area contributed by atoms with Crippen molar-refractivity contribution in [3.05, 3.63) is 24.2 Å². The van der Waals surface area contributed by atoms with Gasteiger partial charge in [-0.25, -0.2) is 0 Å². The van der Waals surface area contributed by atoms with E-state index in [-0.39, 0.29) is 0 Å². The standard InChI is InChI=1S/C15H25NO/c1-2-3-12-4-6-14(7-5-12)15(16)10-13-8-9-17-11-13/h8-9,11-12,14-15H,2-7,10,16H2,1H3. The molecule has 0 amide bonds. The fraction of sp³-hybridized carbons (Fsp3) is 0.733. The Morgan fingerprint density at radius 3 is 2.71 bits per heavy atom. The second-order valence-electron chi connectivity index (χ2n) is 5.57. The van der Waals surface area contributed by atoms with E-state index in [0.29, 0.717) is 6.04 Å². The van der Waals surface area contributed by atoms with Gasteiger partial charge in [0.2, 0.25) is 0 Å². The van der Waals surface area contributed by atoms with Crippen molar-refractivity contribution in [1.29, 1.82) is 0 Å². The fourth-order valence-electron chi connectivity index (χ4n) is 3.16. The van der Waals surface area contributed by atoms with Gasteiger partial charge in [0.05, 0.1) is 12.5 Å². The third-order valence-corrected chi connectivity index (χ3v) is 4.25. The second kappa shape index (κ2) is 6.25. The van der Waals surface area contributed by atoms with Crippen molar-refractivity contribution in [1.82, 2.24) is 0 Å². The van der Waals surface area contributed by atoms with Crippen LogP contribution in [0.15, 0.2) is 23.0 Å². The van der Waals surface area contributed by atoms with Crippen LogP contribution in [-0.2, 0) is 6.42 Å². The number of rotatable bonds is 5. The Hall–Kier alpha value is -0.760. The zero-order valence-electron chi connectivity index (χ0n) is 10.9. The first-order valence-corrected chi connectivity index (χ1v) is 7.06. The van der Waals surface area contributed by atoms with Gasteiger partial charge in [-0.3, -0.25) is 0 Å². The minimum absolute atomic E-state index is 0.315. The summed E-state index contributed by atoms with van der Waals surface area (Å²) in [6, 6.07) is 2.35. The molecule has 2 rings (SSSR count). The number of hydrogen-bond donors (Lipinski definition) is 1. The Morgan fingerprint density at radius 2 is 2.12 bits per heavy atom. The van der Waals surface area contributed by atoms with Gasteiger partial charge in [-0.1, -0.05) is 32.6 Å². The largest absolute Gasteiger partial charge is 0.472 e. The molecule has 0 saturated heterocycles. The Kier molecular flexibility index (Phi) is 4.66. The molecule has 1 saturated carbocycles. The van der Waals surface area contributed by atoms with Crippen molar-refractivity contribution in [2.75, 3.05) is 0 Å². The molecule has 1 aliphatic rings. The quantitative estimate of drug-likeness (QED) is 0.844. The van der Waals surface area contributed by atoms with Gasteiger partial charge in [0.15, 0.2) is 0 Å². The normalized spacial score (nSPS) is 26.9. The lowest BCUT2D eigenvalue weighted by atomic mass is 9.76. The van der Waals surface area contributed by atoms with E-state index in [1.165, 1.54) is 44.1 Å². The van der Waals surface area contributed by atoms with E-state index in [2.05, 4.69) is 6.92 Å². The molecular formula is C15H25NO. The van der Waals surface area contributed by atoms with E-state index < -0.39 is 0 Å². The van der Waals surface area contributed by atoms with Gasteiger partial charge in [-0.05, 0) is 42.7 Å². The average Bonchev–Trinajstić information content (AvgIpc) is 2.83. The van der Waals surface area contributed by atoms with Crippen molar-refractivity contribution in [3.8, 4) is 0 Å². The predicted octanol–water partition coefficient (Wildman–Crippen LogP) is 3.76. The molecule has 0 bridgehead atoms. The Balaban J connectivity index is 1.76. The van der Waals surface area contributed by atoms with Crippen LogP contribution in [0.1, 0.15) is 51.0 Å². The van der Waals surface area contributed by atoms with Gasteiger partial charge >= 0.3 is 0 Å². The second-order valence-corrected chi connectivity index (χ2v) is 5.57. The first-order chi connectivity index (χ1) is 8.29. The summed E-state index contributed by atoms with van der Waals surface area (Å²) in [5.74, 6) is 1.69. The number of nitrogens with two attached hydrogens (primary N) is 1. The SMILES string of the molecule is CCCC1CCC(C(N)Cc2ccoc2)CC1. The monoisotopic (exact) mass is 235 g/mol. The minimum Gasteiger partial charge on any atom is -0.472 e. The van der Waals surface area contributed by atoms with Gasteiger partial charge < -0.3 is 10.2 Å². The van der Waals surface area contributed by atoms with Crippen LogP contribution < -0.4 is 5.73 Å². The summed E-state index contributed by atoms with van der Waals surface area (Å²) in [5, 5.41) is 0. The van der Waals surface area contributed by atoms with Crippen LogP contribution in [0.4, 0.5) is 0 Å². The lowest BCUT2D eigenvalue weighted by Gasteiger charge is -2.32. The molecular weight excluding hydrogens is 210 g/mol. The van der Waals surface area contributed by atoms with Crippen LogP contribution in [-0.4, -0.2) is 6.04 Å². The van der Waals surface area contributed by atoms with Crippen LogP contribution in [0.2, 0.25) is 0 Å². The molecule has 0 spiro atoms. The van der Waals surface area contributed by atoms with Crippen LogP contribution >= 0.6 is 0 Å². The molecule has 2 heteroatoms. The summed E-state index contributed by atoms with van der Waals surface area (Å²) < 4.78 is 5.10. The van der Waals surface area contributed by atoms with Crippen molar-refractivity contribution in [2.45, 2.75) is 57.9 Å². The minimum atomic E-state index is 0.315. The van der Waals surface area contributed by atoms with E-state index in [1.807, 2.05) is 12.3 Å². The maximum atomic E-state index is 6.32. The van der Waals surface area contributed by atoms with Crippen LogP contribution in [0.5, 0.6) is 0 Å². The van der Waals surface area contributed by atoms with Crippen LogP contribution in [0.3, 0.4) is 0 Å². The maximum Gasteiger partial charge on any atom is 0.0935 e. The lowest BCUT2D eigenvalue weighted by Crippen LogP contribution is -2.34. The zero-order valence-corrected chi connectivity index (χ0v) is 10.9. The highest BCUT2D eigenvalue weighted by atomic mass is 16.3. The summed E-state index contributed by atoms with van der Waals surface area (Å²) in [4.78, 5) is 0. The third kappa shape index (κ3) is 3.60. The van der Waals surface area contributed by atoms with Gasteiger partial charge in [0.1, 0.15) is 0 Å². The molecule has 1 aliphatic carbocycles. The fourth-order valence-corrected chi connectivity index (χ4v) is 3.16. The van der Waals surface area contributed by atoms with Crippen molar-refractivity contribution < 1.29 is 4.42 Å².